The van der Waals surface area contributed by atoms with E-state index >= 15 is 0 Å². The maximum atomic E-state index is 13.4. The lowest BCUT2D eigenvalue weighted by atomic mass is 10.1. The molecule has 8 nitrogen and oxygen atoms in total. The summed E-state index contributed by atoms with van der Waals surface area (Å²) in [6, 6.07) is 8.65. The molecule has 4 rings (SSSR count). The molecule has 32 heavy (non-hydrogen) atoms. The topological polar surface area (TPSA) is 82.8 Å². The Bertz CT molecular complexity index is 1130. The van der Waals surface area contributed by atoms with Crippen molar-refractivity contribution in [3.8, 4) is 11.1 Å². The van der Waals surface area contributed by atoms with Gasteiger partial charge in [0.15, 0.2) is 5.65 Å². The molecule has 1 atom stereocenters. The summed E-state index contributed by atoms with van der Waals surface area (Å²) in [7, 11) is 1.86. The predicted molar refractivity (Wildman–Crippen MR) is 124 cm³/mol. The van der Waals surface area contributed by atoms with Crippen molar-refractivity contribution < 1.29 is 9.59 Å². The van der Waals surface area contributed by atoms with Crippen LogP contribution in [0.4, 0.5) is 0 Å². The van der Waals surface area contributed by atoms with Crippen LogP contribution in [0.2, 0.25) is 5.02 Å². The standard InChI is InChI=1S/C23H27ClN6O2/c1-3-28(13-10-25-2)23(32)20-8-5-11-29(20)22(31)19-9-12-30-21(27-19)18(15-26-30)16-6-4-7-17(24)14-16/h4,6-7,9,12,14-15,20,25H,3,5,8,10-11,13H2,1-2H3/t20-/m0/s1. The van der Waals surface area contributed by atoms with Crippen LogP contribution in [0, 0.1) is 0 Å². The number of carbonyl (C=O) groups excluding carboxylic acids is 2. The third kappa shape index (κ3) is 4.33. The van der Waals surface area contributed by atoms with Gasteiger partial charge in [0.1, 0.15) is 11.7 Å². The number of halogens is 1. The van der Waals surface area contributed by atoms with Gasteiger partial charge in [0.05, 0.1) is 6.20 Å². The van der Waals surface area contributed by atoms with Crippen molar-refractivity contribution in [2.45, 2.75) is 25.8 Å². The minimum atomic E-state index is -0.449. The van der Waals surface area contributed by atoms with Crippen LogP contribution in [0.3, 0.4) is 0 Å². The van der Waals surface area contributed by atoms with Gasteiger partial charge < -0.3 is 15.1 Å². The van der Waals surface area contributed by atoms with Gasteiger partial charge in [-0.2, -0.15) is 5.10 Å². The highest BCUT2D eigenvalue weighted by Crippen LogP contribution is 2.27. The number of carbonyl (C=O) groups is 2. The van der Waals surface area contributed by atoms with Crippen LogP contribution >= 0.6 is 11.6 Å². The first-order valence-electron chi connectivity index (χ1n) is 10.9. The molecule has 0 saturated carbocycles. The SMILES string of the molecule is CCN(CCNC)C(=O)[C@@H]1CCCN1C(=O)c1ccn2ncc(-c3cccc(Cl)c3)c2n1. The molecule has 0 spiro atoms. The number of amides is 2. The summed E-state index contributed by atoms with van der Waals surface area (Å²) in [5.41, 5.74) is 2.55. The van der Waals surface area contributed by atoms with E-state index in [0.29, 0.717) is 49.0 Å². The Morgan fingerprint density at radius 3 is 2.91 bits per heavy atom. The second-order valence-electron chi connectivity index (χ2n) is 7.83. The summed E-state index contributed by atoms with van der Waals surface area (Å²) >= 11 is 6.15. The van der Waals surface area contributed by atoms with E-state index in [4.69, 9.17) is 11.6 Å². The van der Waals surface area contributed by atoms with Gasteiger partial charge in [0.2, 0.25) is 5.91 Å². The first-order valence-corrected chi connectivity index (χ1v) is 11.3. The quantitative estimate of drug-likeness (QED) is 0.593. The average molecular weight is 455 g/mol. The van der Waals surface area contributed by atoms with E-state index < -0.39 is 6.04 Å². The van der Waals surface area contributed by atoms with Crippen LogP contribution in [-0.2, 0) is 4.79 Å². The predicted octanol–water partition coefficient (Wildman–Crippen LogP) is 2.72. The van der Waals surface area contributed by atoms with Gasteiger partial charge in [0.25, 0.3) is 5.91 Å². The molecule has 0 unspecified atom stereocenters. The Hall–Kier alpha value is -2.97. The Labute approximate surface area is 192 Å². The highest BCUT2D eigenvalue weighted by Gasteiger charge is 2.37. The fraction of sp³-hybridized carbons (Fsp3) is 0.391. The van der Waals surface area contributed by atoms with Gasteiger partial charge in [-0.15, -0.1) is 0 Å². The fourth-order valence-corrected chi connectivity index (χ4v) is 4.33. The molecule has 168 valence electrons. The van der Waals surface area contributed by atoms with Gasteiger partial charge in [0, 0.05) is 43.0 Å². The second kappa shape index (κ2) is 9.67. The normalized spacial score (nSPS) is 16.0. The molecule has 3 aromatic rings. The number of nitrogens with one attached hydrogen (secondary N) is 1. The molecule has 3 heterocycles. The zero-order chi connectivity index (χ0) is 22.7. The summed E-state index contributed by atoms with van der Waals surface area (Å²) in [5.74, 6) is -0.232. The molecule has 9 heteroatoms. The molecule has 1 aliphatic heterocycles. The van der Waals surface area contributed by atoms with Crippen LogP contribution in [-0.4, -0.2) is 75.5 Å². The van der Waals surface area contributed by atoms with E-state index in [1.54, 1.807) is 38.8 Å². The van der Waals surface area contributed by atoms with Crippen LogP contribution in [0.15, 0.2) is 42.7 Å². The molecule has 1 aliphatic rings. The van der Waals surface area contributed by atoms with Crippen LogP contribution < -0.4 is 5.32 Å². The molecule has 0 aliphatic carbocycles. The van der Waals surface area contributed by atoms with Crippen molar-refractivity contribution in [3.63, 3.8) is 0 Å². The lowest BCUT2D eigenvalue weighted by Gasteiger charge is -2.29. The van der Waals surface area contributed by atoms with E-state index in [9.17, 15) is 9.59 Å². The monoisotopic (exact) mass is 454 g/mol. The van der Waals surface area contributed by atoms with Crippen molar-refractivity contribution >= 4 is 29.1 Å². The molecule has 1 aromatic carbocycles. The lowest BCUT2D eigenvalue weighted by molar-refractivity contribution is -0.135. The number of fused-ring (bicyclic) bond motifs is 1. The summed E-state index contributed by atoms with van der Waals surface area (Å²) < 4.78 is 1.64. The third-order valence-electron chi connectivity index (χ3n) is 5.85. The highest BCUT2D eigenvalue weighted by atomic mass is 35.5. The van der Waals surface area contributed by atoms with Gasteiger partial charge in [-0.3, -0.25) is 9.59 Å². The zero-order valence-electron chi connectivity index (χ0n) is 18.3. The van der Waals surface area contributed by atoms with Crippen LogP contribution in [0.25, 0.3) is 16.8 Å². The highest BCUT2D eigenvalue weighted by molar-refractivity contribution is 6.30. The van der Waals surface area contributed by atoms with E-state index in [-0.39, 0.29) is 11.8 Å². The summed E-state index contributed by atoms with van der Waals surface area (Å²) in [6.07, 6.45) is 4.91. The van der Waals surface area contributed by atoms with Gasteiger partial charge in [-0.25, -0.2) is 9.50 Å². The minimum Gasteiger partial charge on any atom is -0.340 e. The van der Waals surface area contributed by atoms with Gasteiger partial charge >= 0.3 is 0 Å². The van der Waals surface area contributed by atoms with Crippen molar-refractivity contribution in [2.75, 3.05) is 33.2 Å². The third-order valence-corrected chi connectivity index (χ3v) is 6.08. The number of benzene rings is 1. The molecule has 0 bridgehead atoms. The van der Waals surface area contributed by atoms with E-state index in [2.05, 4.69) is 15.4 Å². The fourth-order valence-electron chi connectivity index (χ4n) is 4.14. The van der Waals surface area contributed by atoms with E-state index in [1.165, 1.54) is 0 Å². The molecular formula is C23H27ClN6O2. The molecule has 2 aromatic heterocycles. The molecule has 1 saturated heterocycles. The van der Waals surface area contributed by atoms with Crippen LogP contribution in [0.1, 0.15) is 30.3 Å². The van der Waals surface area contributed by atoms with Crippen molar-refractivity contribution in [1.29, 1.82) is 0 Å². The summed E-state index contributed by atoms with van der Waals surface area (Å²) in [4.78, 5) is 34.6. The number of rotatable bonds is 7. The molecule has 1 N–H and O–H groups in total. The van der Waals surface area contributed by atoms with Crippen molar-refractivity contribution in [3.05, 3.63) is 53.4 Å². The maximum absolute atomic E-state index is 13.4. The smallest absolute Gasteiger partial charge is 0.273 e. The van der Waals surface area contributed by atoms with Crippen LogP contribution in [0.5, 0.6) is 0 Å². The van der Waals surface area contributed by atoms with Gasteiger partial charge in [-0.05, 0) is 50.6 Å². The van der Waals surface area contributed by atoms with E-state index in [0.717, 1.165) is 17.5 Å². The van der Waals surface area contributed by atoms with E-state index in [1.807, 2.05) is 32.2 Å². The Morgan fingerprint density at radius 2 is 2.16 bits per heavy atom. The largest absolute Gasteiger partial charge is 0.340 e. The lowest BCUT2D eigenvalue weighted by Crippen LogP contribution is -2.49. The van der Waals surface area contributed by atoms with Gasteiger partial charge in [-0.1, -0.05) is 23.7 Å². The number of hydrogen-bond donors (Lipinski definition) is 1. The first kappa shape index (κ1) is 22.2. The molecule has 1 fully saturated rings. The second-order valence-corrected chi connectivity index (χ2v) is 8.26. The Morgan fingerprint density at radius 1 is 1.31 bits per heavy atom. The Kier molecular flexibility index (Phi) is 6.72. The summed E-state index contributed by atoms with van der Waals surface area (Å²) in [6.45, 7) is 4.45. The summed E-state index contributed by atoms with van der Waals surface area (Å²) in [5, 5.41) is 8.04. The molecule has 0 radical (unpaired) electrons. The maximum Gasteiger partial charge on any atom is 0.273 e. The molecular weight excluding hydrogens is 428 g/mol. The number of likely N-dealkylation sites (tertiary alicyclic amines) is 1. The first-order chi connectivity index (χ1) is 15.5. The minimum absolute atomic E-state index is 0.00125. The number of nitrogens with zero attached hydrogens (tertiary/aromatic N) is 5. The molecule has 2 amide bonds. The number of likely N-dealkylation sites (N-methyl/N-ethyl adjacent to an activating group) is 2. The number of aromatic nitrogens is 3. The van der Waals surface area contributed by atoms with Crippen molar-refractivity contribution in [2.24, 2.45) is 0 Å². The average Bonchev–Trinajstić information content (AvgIpc) is 3.46. The van der Waals surface area contributed by atoms with Crippen molar-refractivity contribution in [1.82, 2.24) is 29.7 Å². The zero-order valence-corrected chi connectivity index (χ0v) is 19.0. The Balaban J connectivity index is 1.61. The number of hydrogen-bond acceptors (Lipinski definition) is 5.